The lowest BCUT2D eigenvalue weighted by molar-refractivity contribution is 0.0696. The third-order valence-corrected chi connectivity index (χ3v) is 1.70. The zero-order valence-electron chi connectivity index (χ0n) is 7.25. The number of hydrogen-bond acceptors (Lipinski definition) is 2. The molecule has 0 atom stereocenters. The van der Waals surface area contributed by atoms with Crippen LogP contribution in [0.4, 0.5) is 5.69 Å². The maximum atomic E-state index is 10.8. The highest BCUT2D eigenvalue weighted by Gasteiger charge is 2.07. The highest BCUT2D eigenvalue weighted by atomic mass is 35.5. The molecule has 0 saturated carbocycles. The number of halogens is 1. The Morgan fingerprint density at radius 1 is 1.57 bits per heavy atom. The predicted molar refractivity (Wildman–Crippen MR) is 55.4 cm³/mol. The summed E-state index contributed by atoms with van der Waals surface area (Å²) >= 11 is 5.37. The first-order chi connectivity index (χ1) is 6.65. The van der Waals surface area contributed by atoms with Crippen LogP contribution in [-0.4, -0.2) is 17.0 Å². The summed E-state index contributed by atoms with van der Waals surface area (Å²) in [5.74, 6) is 4.37. The second-order valence-corrected chi connectivity index (χ2v) is 2.81. The van der Waals surface area contributed by atoms with Crippen LogP contribution >= 0.6 is 11.6 Å². The summed E-state index contributed by atoms with van der Waals surface area (Å²) in [7, 11) is 0. The second-order valence-electron chi connectivity index (χ2n) is 2.55. The molecular formula is C10H8ClNO2. The van der Waals surface area contributed by atoms with Gasteiger partial charge in [0.15, 0.2) is 0 Å². The van der Waals surface area contributed by atoms with E-state index in [1.54, 1.807) is 12.1 Å². The first kappa shape index (κ1) is 10.4. The summed E-state index contributed by atoms with van der Waals surface area (Å²) in [6.07, 6.45) is 0. The van der Waals surface area contributed by atoms with Gasteiger partial charge in [0.05, 0.1) is 11.4 Å². The van der Waals surface area contributed by atoms with E-state index in [9.17, 15) is 4.79 Å². The summed E-state index contributed by atoms with van der Waals surface area (Å²) < 4.78 is 0. The fraction of sp³-hybridized carbons (Fsp3) is 0.100. The summed E-state index contributed by atoms with van der Waals surface area (Å²) in [6, 6.07) is 4.55. The van der Waals surface area contributed by atoms with Crippen LogP contribution in [0.2, 0.25) is 0 Å². The van der Waals surface area contributed by atoms with E-state index in [1.807, 2.05) is 0 Å². The van der Waals surface area contributed by atoms with E-state index in [4.69, 9.17) is 22.4 Å². The van der Waals surface area contributed by atoms with Crippen molar-refractivity contribution in [2.45, 2.75) is 0 Å². The minimum absolute atomic E-state index is 0.0996. The van der Waals surface area contributed by atoms with Gasteiger partial charge >= 0.3 is 5.97 Å². The van der Waals surface area contributed by atoms with Crippen LogP contribution in [0.5, 0.6) is 0 Å². The molecule has 1 rings (SSSR count). The van der Waals surface area contributed by atoms with Gasteiger partial charge in [-0.1, -0.05) is 11.8 Å². The fourth-order valence-electron chi connectivity index (χ4n) is 0.976. The van der Waals surface area contributed by atoms with Gasteiger partial charge in [0.1, 0.15) is 0 Å². The number of rotatable bonds is 1. The van der Waals surface area contributed by atoms with Crippen molar-refractivity contribution in [1.82, 2.24) is 0 Å². The van der Waals surface area contributed by atoms with E-state index in [1.165, 1.54) is 6.07 Å². The number of nitrogen functional groups attached to an aromatic ring is 1. The molecule has 0 aliphatic carbocycles. The summed E-state index contributed by atoms with van der Waals surface area (Å²) in [6.45, 7) is 0. The Bertz CT molecular complexity index is 418. The maximum Gasteiger partial charge on any atom is 0.337 e. The standard InChI is InChI=1S/C10H8ClNO2/c11-5-1-2-7-3-4-8(12)6-9(7)10(13)14/h3-4,6H,5,12H2,(H,13,14). The molecular weight excluding hydrogens is 202 g/mol. The van der Waals surface area contributed by atoms with Crippen molar-refractivity contribution in [3.05, 3.63) is 29.3 Å². The molecule has 4 heteroatoms. The lowest BCUT2D eigenvalue weighted by Crippen LogP contribution is -2.01. The van der Waals surface area contributed by atoms with Crippen LogP contribution in [-0.2, 0) is 0 Å². The van der Waals surface area contributed by atoms with Crippen molar-refractivity contribution < 1.29 is 9.90 Å². The van der Waals surface area contributed by atoms with Crippen molar-refractivity contribution in [1.29, 1.82) is 0 Å². The summed E-state index contributed by atoms with van der Waals surface area (Å²) in [5, 5.41) is 8.83. The molecule has 72 valence electrons. The maximum absolute atomic E-state index is 10.8. The lowest BCUT2D eigenvalue weighted by Gasteiger charge is -1.99. The normalized spacial score (nSPS) is 8.93. The van der Waals surface area contributed by atoms with Crippen molar-refractivity contribution in [3.63, 3.8) is 0 Å². The molecule has 3 nitrogen and oxygen atoms in total. The van der Waals surface area contributed by atoms with Crippen LogP contribution in [0.25, 0.3) is 0 Å². The van der Waals surface area contributed by atoms with Gasteiger partial charge in [-0.2, -0.15) is 0 Å². The number of benzene rings is 1. The average Bonchev–Trinajstić information content (AvgIpc) is 2.15. The number of carboxylic acids is 1. The number of anilines is 1. The largest absolute Gasteiger partial charge is 0.478 e. The van der Waals surface area contributed by atoms with E-state index in [0.717, 1.165) is 0 Å². The minimum Gasteiger partial charge on any atom is -0.478 e. The zero-order valence-corrected chi connectivity index (χ0v) is 8.01. The molecule has 0 aliphatic rings. The van der Waals surface area contributed by atoms with E-state index in [0.29, 0.717) is 11.3 Å². The van der Waals surface area contributed by atoms with Crippen LogP contribution < -0.4 is 5.73 Å². The Morgan fingerprint density at radius 3 is 2.86 bits per heavy atom. The highest BCUT2D eigenvalue weighted by Crippen LogP contribution is 2.12. The first-order valence-corrected chi connectivity index (χ1v) is 4.36. The van der Waals surface area contributed by atoms with Crippen LogP contribution in [0.3, 0.4) is 0 Å². The molecule has 0 radical (unpaired) electrons. The topological polar surface area (TPSA) is 63.3 Å². The molecule has 1 aromatic carbocycles. The fourth-order valence-corrected chi connectivity index (χ4v) is 1.04. The molecule has 0 saturated heterocycles. The molecule has 0 aromatic heterocycles. The van der Waals surface area contributed by atoms with E-state index < -0.39 is 5.97 Å². The second kappa shape index (κ2) is 4.54. The van der Waals surface area contributed by atoms with Crippen molar-refractivity contribution in [2.24, 2.45) is 0 Å². The average molecular weight is 210 g/mol. The Balaban J connectivity index is 3.22. The SMILES string of the molecule is Nc1ccc(C#CCCl)c(C(=O)O)c1. The predicted octanol–water partition coefficient (Wildman–Crippen LogP) is 1.56. The van der Waals surface area contributed by atoms with Crippen LogP contribution in [0, 0.1) is 11.8 Å². The number of carboxylic acid groups (broad SMARTS) is 1. The van der Waals surface area contributed by atoms with Gasteiger partial charge in [-0.3, -0.25) is 0 Å². The van der Waals surface area contributed by atoms with Gasteiger partial charge < -0.3 is 10.8 Å². The van der Waals surface area contributed by atoms with Crippen molar-refractivity contribution in [3.8, 4) is 11.8 Å². The molecule has 14 heavy (non-hydrogen) atoms. The first-order valence-electron chi connectivity index (χ1n) is 3.83. The van der Waals surface area contributed by atoms with Crippen molar-refractivity contribution in [2.75, 3.05) is 11.6 Å². The Kier molecular flexibility index (Phi) is 3.38. The smallest absolute Gasteiger partial charge is 0.337 e. The van der Waals surface area contributed by atoms with Gasteiger partial charge in [-0.25, -0.2) is 4.79 Å². The molecule has 0 fully saturated rings. The molecule has 0 aliphatic heterocycles. The summed E-state index contributed by atoms with van der Waals surface area (Å²) in [4.78, 5) is 10.8. The molecule has 0 bridgehead atoms. The number of carbonyl (C=O) groups is 1. The van der Waals surface area contributed by atoms with Gasteiger partial charge in [0, 0.05) is 11.3 Å². The number of alkyl halides is 1. The quantitative estimate of drug-likeness (QED) is 0.419. The summed E-state index contributed by atoms with van der Waals surface area (Å²) in [5.41, 5.74) is 6.38. The third kappa shape index (κ3) is 2.41. The molecule has 0 heterocycles. The monoisotopic (exact) mass is 209 g/mol. The number of aromatic carboxylic acids is 1. The Morgan fingerprint density at radius 2 is 2.29 bits per heavy atom. The zero-order chi connectivity index (χ0) is 10.6. The highest BCUT2D eigenvalue weighted by molar-refractivity contribution is 6.19. The Labute approximate surface area is 86.5 Å². The molecule has 0 amide bonds. The van der Waals surface area contributed by atoms with E-state index in [-0.39, 0.29) is 11.4 Å². The third-order valence-electron chi connectivity index (χ3n) is 1.56. The van der Waals surface area contributed by atoms with Crippen molar-refractivity contribution >= 4 is 23.3 Å². The molecule has 0 unspecified atom stereocenters. The molecule has 1 aromatic rings. The van der Waals surface area contributed by atoms with Crippen LogP contribution in [0.15, 0.2) is 18.2 Å². The number of nitrogens with two attached hydrogens (primary N) is 1. The van der Waals surface area contributed by atoms with E-state index in [2.05, 4.69) is 11.8 Å². The minimum atomic E-state index is -1.05. The van der Waals surface area contributed by atoms with Crippen LogP contribution in [0.1, 0.15) is 15.9 Å². The van der Waals surface area contributed by atoms with Gasteiger partial charge in [0.2, 0.25) is 0 Å². The van der Waals surface area contributed by atoms with Gasteiger partial charge in [0.25, 0.3) is 0 Å². The van der Waals surface area contributed by atoms with Gasteiger partial charge in [-0.15, -0.1) is 11.6 Å². The molecule has 3 N–H and O–H groups in total. The molecule has 0 spiro atoms. The van der Waals surface area contributed by atoms with Gasteiger partial charge in [-0.05, 0) is 18.2 Å². The van der Waals surface area contributed by atoms with E-state index >= 15 is 0 Å². The Hall–Kier alpha value is -1.66. The number of hydrogen-bond donors (Lipinski definition) is 2. The lowest BCUT2D eigenvalue weighted by atomic mass is 10.1.